The molecule has 21 heavy (non-hydrogen) atoms. The van der Waals surface area contributed by atoms with Crippen molar-refractivity contribution in [2.45, 2.75) is 35.9 Å². The third-order valence-corrected chi connectivity index (χ3v) is 7.23. The van der Waals surface area contributed by atoms with Crippen LogP contribution in [0.2, 0.25) is 0 Å². The standard InChI is InChI=1S/C11H17BrN4O3S2/c1-7(12)9-3-5-16(6-4-9)21(18,19)11-15-14-10(20-11)13-8(2)17/h7,9H,3-6H2,1-2H3,(H,13,14,17). The molecule has 1 atom stereocenters. The second-order valence-electron chi connectivity index (χ2n) is 4.97. The number of halogens is 1. The highest BCUT2D eigenvalue weighted by atomic mass is 79.9. The third-order valence-electron chi connectivity index (χ3n) is 3.40. The van der Waals surface area contributed by atoms with E-state index in [1.165, 1.54) is 11.2 Å². The van der Waals surface area contributed by atoms with Crippen molar-refractivity contribution >= 4 is 48.3 Å². The smallest absolute Gasteiger partial charge is 0.272 e. The number of hydrogen-bond donors (Lipinski definition) is 1. The molecule has 7 nitrogen and oxygen atoms in total. The molecule has 1 aliphatic rings. The molecule has 1 N–H and O–H groups in total. The van der Waals surface area contributed by atoms with Crippen LogP contribution in [0.1, 0.15) is 26.7 Å². The van der Waals surface area contributed by atoms with Crippen LogP contribution in [0.3, 0.4) is 0 Å². The zero-order valence-electron chi connectivity index (χ0n) is 11.7. The molecule has 1 unspecified atom stereocenters. The summed E-state index contributed by atoms with van der Waals surface area (Å²) in [5, 5.41) is 10.0. The first-order valence-electron chi connectivity index (χ1n) is 6.56. The van der Waals surface area contributed by atoms with Gasteiger partial charge in [-0.3, -0.25) is 4.79 Å². The number of anilines is 1. The lowest BCUT2D eigenvalue weighted by Gasteiger charge is -2.31. The fourth-order valence-electron chi connectivity index (χ4n) is 2.20. The van der Waals surface area contributed by atoms with Crippen molar-refractivity contribution in [1.82, 2.24) is 14.5 Å². The Hall–Kier alpha value is -0.580. The van der Waals surface area contributed by atoms with Gasteiger partial charge in [-0.2, -0.15) is 4.31 Å². The summed E-state index contributed by atoms with van der Waals surface area (Å²) in [4.78, 5) is 11.3. The first kappa shape index (κ1) is 16.8. The Morgan fingerprint density at radius 2 is 2.05 bits per heavy atom. The van der Waals surface area contributed by atoms with Crippen LogP contribution in [0.5, 0.6) is 0 Å². The van der Waals surface area contributed by atoms with Crippen molar-refractivity contribution < 1.29 is 13.2 Å². The van der Waals surface area contributed by atoms with Gasteiger partial charge in [-0.1, -0.05) is 34.2 Å². The molecule has 118 valence electrons. The lowest BCUT2D eigenvalue weighted by molar-refractivity contribution is -0.114. The van der Waals surface area contributed by atoms with Crippen LogP contribution in [0.4, 0.5) is 5.13 Å². The van der Waals surface area contributed by atoms with Gasteiger partial charge in [-0.15, -0.1) is 10.2 Å². The van der Waals surface area contributed by atoms with E-state index in [1.807, 2.05) is 0 Å². The van der Waals surface area contributed by atoms with Gasteiger partial charge >= 0.3 is 0 Å². The first-order valence-corrected chi connectivity index (χ1v) is 9.73. The number of carbonyl (C=O) groups excluding carboxylic acids is 1. The van der Waals surface area contributed by atoms with E-state index in [0.717, 1.165) is 24.2 Å². The number of nitrogens with one attached hydrogen (secondary N) is 1. The summed E-state index contributed by atoms with van der Waals surface area (Å²) < 4.78 is 26.3. The quantitative estimate of drug-likeness (QED) is 0.617. The molecule has 1 amide bonds. The van der Waals surface area contributed by atoms with Crippen LogP contribution in [-0.2, 0) is 14.8 Å². The normalized spacial score (nSPS) is 19.4. The number of piperidine rings is 1. The van der Waals surface area contributed by atoms with E-state index in [9.17, 15) is 13.2 Å². The molecular formula is C11H17BrN4O3S2. The molecule has 0 aliphatic carbocycles. The topological polar surface area (TPSA) is 92.3 Å². The predicted molar refractivity (Wildman–Crippen MR) is 84.1 cm³/mol. The van der Waals surface area contributed by atoms with E-state index in [0.29, 0.717) is 23.8 Å². The molecule has 1 fully saturated rings. The van der Waals surface area contributed by atoms with Gasteiger partial charge in [0.2, 0.25) is 15.4 Å². The zero-order chi connectivity index (χ0) is 15.6. The minimum Gasteiger partial charge on any atom is -0.301 e. The second kappa shape index (κ2) is 6.67. The van der Waals surface area contributed by atoms with Gasteiger partial charge in [0.1, 0.15) is 0 Å². The molecular weight excluding hydrogens is 380 g/mol. The van der Waals surface area contributed by atoms with E-state index in [2.05, 4.69) is 38.4 Å². The maximum absolute atomic E-state index is 12.5. The van der Waals surface area contributed by atoms with Crippen molar-refractivity contribution in [3.05, 3.63) is 0 Å². The molecule has 2 heterocycles. The Bertz CT molecular complexity index is 609. The lowest BCUT2D eigenvalue weighted by Crippen LogP contribution is -2.39. The highest BCUT2D eigenvalue weighted by molar-refractivity contribution is 9.09. The van der Waals surface area contributed by atoms with Gasteiger partial charge in [-0.25, -0.2) is 8.42 Å². The minimum absolute atomic E-state index is 0.0726. The van der Waals surface area contributed by atoms with Crippen molar-refractivity contribution in [2.75, 3.05) is 18.4 Å². The molecule has 0 saturated carbocycles. The Morgan fingerprint density at radius 1 is 1.43 bits per heavy atom. The van der Waals surface area contributed by atoms with E-state index in [1.54, 1.807) is 0 Å². The van der Waals surface area contributed by atoms with Gasteiger partial charge in [0.05, 0.1) is 0 Å². The zero-order valence-corrected chi connectivity index (χ0v) is 15.0. The van der Waals surface area contributed by atoms with Crippen molar-refractivity contribution in [2.24, 2.45) is 5.92 Å². The average Bonchev–Trinajstić information content (AvgIpc) is 2.87. The van der Waals surface area contributed by atoms with Crippen LogP contribution in [0.25, 0.3) is 0 Å². The van der Waals surface area contributed by atoms with Crippen LogP contribution in [0, 0.1) is 5.92 Å². The van der Waals surface area contributed by atoms with E-state index < -0.39 is 10.0 Å². The molecule has 1 aromatic heterocycles. The fraction of sp³-hybridized carbons (Fsp3) is 0.727. The molecule has 10 heteroatoms. The summed E-state index contributed by atoms with van der Waals surface area (Å²) in [6.45, 7) is 4.39. The number of rotatable bonds is 4. The molecule has 0 radical (unpaired) electrons. The molecule has 0 aromatic carbocycles. The highest BCUT2D eigenvalue weighted by Crippen LogP contribution is 2.30. The van der Waals surface area contributed by atoms with Crippen LogP contribution >= 0.6 is 27.3 Å². The SMILES string of the molecule is CC(=O)Nc1nnc(S(=O)(=O)N2CCC(C(C)Br)CC2)s1. The van der Waals surface area contributed by atoms with Crippen molar-refractivity contribution in [1.29, 1.82) is 0 Å². The predicted octanol–water partition coefficient (Wildman–Crippen LogP) is 1.68. The molecule has 2 rings (SSSR count). The van der Waals surface area contributed by atoms with Crippen LogP contribution in [-0.4, -0.2) is 46.7 Å². The Kier molecular flexibility index (Phi) is 5.33. The van der Waals surface area contributed by atoms with Gasteiger partial charge in [0.15, 0.2) is 0 Å². The Labute approximate surface area is 136 Å². The first-order chi connectivity index (χ1) is 9.80. The van der Waals surface area contributed by atoms with Gasteiger partial charge in [0.25, 0.3) is 10.0 Å². The number of sulfonamides is 1. The second-order valence-corrected chi connectivity index (χ2v) is 9.51. The number of aromatic nitrogens is 2. The molecule has 1 aromatic rings. The monoisotopic (exact) mass is 396 g/mol. The summed E-state index contributed by atoms with van der Waals surface area (Å²) >= 11 is 4.42. The Balaban J connectivity index is 2.08. The van der Waals surface area contributed by atoms with Gasteiger partial charge in [0, 0.05) is 24.8 Å². The maximum atomic E-state index is 12.5. The molecule has 0 bridgehead atoms. The van der Waals surface area contributed by atoms with Crippen LogP contribution < -0.4 is 5.32 Å². The fourth-order valence-corrected chi connectivity index (χ4v) is 5.28. The lowest BCUT2D eigenvalue weighted by atomic mass is 9.96. The summed E-state index contributed by atoms with van der Waals surface area (Å²) in [5.41, 5.74) is 0. The molecule has 1 aliphatic heterocycles. The molecule has 0 spiro atoms. The van der Waals surface area contributed by atoms with Crippen molar-refractivity contribution in [3.8, 4) is 0 Å². The van der Waals surface area contributed by atoms with Crippen molar-refractivity contribution in [3.63, 3.8) is 0 Å². The number of carbonyl (C=O) groups is 1. The van der Waals surface area contributed by atoms with E-state index in [4.69, 9.17) is 0 Å². The Morgan fingerprint density at radius 3 is 2.57 bits per heavy atom. The summed E-state index contributed by atoms with van der Waals surface area (Å²) in [6, 6.07) is 0. The summed E-state index contributed by atoms with van der Waals surface area (Å²) in [7, 11) is -3.61. The number of hydrogen-bond acceptors (Lipinski definition) is 6. The number of nitrogens with zero attached hydrogens (tertiary/aromatic N) is 3. The van der Waals surface area contributed by atoms with Crippen LogP contribution in [0.15, 0.2) is 4.34 Å². The summed E-state index contributed by atoms with van der Waals surface area (Å²) in [5.74, 6) is 0.183. The largest absolute Gasteiger partial charge is 0.301 e. The average molecular weight is 397 g/mol. The van der Waals surface area contributed by atoms with Gasteiger partial charge < -0.3 is 5.32 Å². The minimum atomic E-state index is -3.61. The molecule has 1 saturated heterocycles. The van der Waals surface area contributed by atoms with E-state index >= 15 is 0 Å². The van der Waals surface area contributed by atoms with Gasteiger partial charge in [-0.05, 0) is 18.8 Å². The maximum Gasteiger partial charge on any atom is 0.272 e. The third kappa shape index (κ3) is 3.99. The number of alkyl halides is 1. The van der Waals surface area contributed by atoms with E-state index in [-0.39, 0.29) is 15.4 Å². The number of amides is 1. The highest BCUT2D eigenvalue weighted by Gasteiger charge is 2.33. The summed E-state index contributed by atoms with van der Waals surface area (Å²) in [6.07, 6.45) is 1.64.